The molecule has 2 aromatic rings. The number of aromatic nitrogens is 1. The van der Waals surface area contributed by atoms with E-state index >= 15 is 0 Å². The van der Waals surface area contributed by atoms with Gasteiger partial charge in [-0.15, -0.1) is 0 Å². The largest absolute Gasteiger partial charge is 0.468 e. The second-order valence-electron chi connectivity index (χ2n) is 4.75. The maximum Gasteiger partial charge on any atom is 0.417 e. The van der Waals surface area contributed by atoms with Crippen LogP contribution in [0.1, 0.15) is 28.3 Å². The fourth-order valence-corrected chi connectivity index (χ4v) is 2.44. The maximum atomic E-state index is 13.0. The van der Waals surface area contributed by atoms with Gasteiger partial charge in [0.15, 0.2) is 0 Å². The fraction of sp³-hybridized carbons (Fsp3) is 0.188. The number of hydrogen-bond acceptors (Lipinski definition) is 4. The number of methoxy groups -OCH3 is 1. The van der Waals surface area contributed by atoms with Gasteiger partial charge in [0, 0.05) is 16.8 Å². The zero-order chi connectivity index (χ0) is 17.9. The highest BCUT2D eigenvalue weighted by molar-refractivity contribution is 6.31. The van der Waals surface area contributed by atoms with E-state index in [1.54, 1.807) is 18.2 Å². The molecule has 124 valence electrons. The number of alkyl halides is 3. The van der Waals surface area contributed by atoms with Crippen LogP contribution in [0.2, 0.25) is 5.02 Å². The van der Waals surface area contributed by atoms with Crippen LogP contribution in [0.15, 0.2) is 36.5 Å². The van der Waals surface area contributed by atoms with Gasteiger partial charge in [-0.1, -0.05) is 29.8 Å². The predicted molar refractivity (Wildman–Crippen MR) is 79.3 cm³/mol. The van der Waals surface area contributed by atoms with Gasteiger partial charge < -0.3 is 4.74 Å². The number of nitriles is 1. The molecule has 1 heterocycles. The van der Waals surface area contributed by atoms with Gasteiger partial charge in [0.1, 0.15) is 17.7 Å². The SMILES string of the molecule is COC(=O)C(c1ccccc1Cl)c1cc(C(F)(F)F)cnc1C#N. The Kier molecular flexibility index (Phi) is 5.10. The molecule has 8 heteroatoms. The summed E-state index contributed by atoms with van der Waals surface area (Å²) in [6, 6.07) is 8.56. The minimum atomic E-state index is -4.67. The van der Waals surface area contributed by atoms with Crippen LogP contribution < -0.4 is 0 Å². The summed E-state index contributed by atoms with van der Waals surface area (Å²) in [5.74, 6) is -2.14. The number of ether oxygens (including phenoxy) is 1. The van der Waals surface area contributed by atoms with Gasteiger partial charge in [-0.25, -0.2) is 4.98 Å². The van der Waals surface area contributed by atoms with Crippen molar-refractivity contribution in [3.63, 3.8) is 0 Å². The minimum Gasteiger partial charge on any atom is -0.468 e. The standard InChI is InChI=1S/C16H10ClF3N2O2/c1-24-15(23)14(10-4-2-3-5-12(10)17)11-6-9(16(18,19)20)8-22-13(11)7-21/h2-6,8,14H,1H3. The highest BCUT2D eigenvalue weighted by Gasteiger charge is 2.35. The van der Waals surface area contributed by atoms with Crippen LogP contribution in [0.25, 0.3) is 0 Å². The summed E-state index contributed by atoms with van der Waals surface area (Å²) in [4.78, 5) is 15.7. The molecule has 0 amide bonds. The molecule has 0 bridgehead atoms. The lowest BCUT2D eigenvalue weighted by molar-refractivity contribution is -0.142. The van der Waals surface area contributed by atoms with E-state index < -0.39 is 23.6 Å². The molecule has 0 aliphatic carbocycles. The van der Waals surface area contributed by atoms with Crippen LogP contribution in [0.5, 0.6) is 0 Å². The van der Waals surface area contributed by atoms with Gasteiger partial charge in [-0.2, -0.15) is 18.4 Å². The third-order valence-corrected chi connectivity index (χ3v) is 3.66. The second-order valence-corrected chi connectivity index (χ2v) is 5.16. The van der Waals surface area contributed by atoms with Crippen molar-refractivity contribution in [2.45, 2.75) is 12.1 Å². The highest BCUT2D eigenvalue weighted by Crippen LogP contribution is 2.36. The zero-order valence-electron chi connectivity index (χ0n) is 12.3. The van der Waals surface area contributed by atoms with E-state index in [-0.39, 0.29) is 21.8 Å². The Morgan fingerprint density at radius 3 is 2.54 bits per heavy atom. The molecular formula is C16H10ClF3N2O2. The van der Waals surface area contributed by atoms with Crippen LogP contribution in [0, 0.1) is 11.3 Å². The number of pyridine rings is 1. The topological polar surface area (TPSA) is 63.0 Å². The van der Waals surface area contributed by atoms with E-state index in [4.69, 9.17) is 16.9 Å². The van der Waals surface area contributed by atoms with Crippen LogP contribution >= 0.6 is 11.6 Å². The van der Waals surface area contributed by atoms with Crippen molar-refractivity contribution in [2.75, 3.05) is 7.11 Å². The zero-order valence-corrected chi connectivity index (χ0v) is 13.0. The number of halogens is 4. The molecule has 0 N–H and O–H groups in total. The molecule has 1 aromatic heterocycles. The van der Waals surface area contributed by atoms with Crippen molar-refractivity contribution in [3.8, 4) is 6.07 Å². The van der Waals surface area contributed by atoms with Crippen molar-refractivity contribution in [3.05, 3.63) is 63.9 Å². The number of carbonyl (C=O) groups excluding carboxylic acids is 1. The van der Waals surface area contributed by atoms with E-state index in [9.17, 15) is 18.0 Å². The average molecular weight is 355 g/mol. The highest BCUT2D eigenvalue weighted by atomic mass is 35.5. The summed E-state index contributed by atoms with van der Waals surface area (Å²) in [6.45, 7) is 0. The molecule has 0 aliphatic heterocycles. The number of hydrogen-bond donors (Lipinski definition) is 0. The molecule has 0 radical (unpaired) electrons. The quantitative estimate of drug-likeness (QED) is 0.783. The summed E-state index contributed by atoms with van der Waals surface area (Å²) in [5, 5.41) is 9.31. The molecule has 1 unspecified atom stereocenters. The molecule has 4 nitrogen and oxygen atoms in total. The molecule has 24 heavy (non-hydrogen) atoms. The van der Waals surface area contributed by atoms with Crippen LogP contribution in [0.3, 0.4) is 0 Å². The molecule has 0 saturated heterocycles. The maximum absolute atomic E-state index is 13.0. The van der Waals surface area contributed by atoms with Gasteiger partial charge in [0.2, 0.25) is 0 Å². The first-order chi connectivity index (χ1) is 11.3. The van der Waals surface area contributed by atoms with Crippen LogP contribution in [-0.2, 0) is 15.7 Å². The van der Waals surface area contributed by atoms with Crippen molar-refractivity contribution in [1.82, 2.24) is 4.98 Å². The van der Waals surface area contributed by atoms with E-state index in [2.05, 4.69) is 9.72 Å². The molecule has 0 spiro atoms. The second kappa shape index (κ2) is 6.89. The number of nitrogens with zero attached hydrogens (tertiary/aromatic N) is 2. The fourth-order valence-electron chi connectivity index (χ4n) is 2.20. The van der Waals surface area contributed by atoms with E-state index in [1.165, 1.54) is 12.1 Å². The molecule has 1 aromatic carbocycles. The van der Waals surface area contributed by atoms with Crippen molar-refractivity contribution >= 4 is 17.6 Å². The van der Waals surface area contributed by atoms with Gasteiger partial charge >= 0.3 is 12.1 Å². The first-order valence-corrected chi connectivity index (χ1v) is 6.97. The minimum absolute atomic E-state index is 0.161. The van der Waals surface area contributed by atoms with Crippen LogP contribution in [0.4, 0.5) is 13.2 Å². The Labute approximate surface area is 140 Å². The van der Waals surface area contributed by atoms with Gasteiger partial charge in [0.25, 0.3) is 0 Å². The first-order valence-electron chi connectivity index (χ1n) is 6.59. The van der Waals surface area contributed by atoms with Gasteiger partial charge in [0.05, 0.1) is 12.7 Å². The lowest BCUT2D eigenvalue weighted by atomic mass is 9.89. The summed E-state index contributed by atoms with van der Waals surface area (Å²) >= 11 is 6.06. The van der Waals surface area contributed by atoms with E-state index in [0.29, 0.717) is 6.20 Å². The molecule has 0 saturated carbocycles. The van der Waals surface area contributed by atoms with Crippen molar-refractivity contribution < 1.29 is 22.7 Å². The third kappa shape index (κ3) is 3.49. The molecule has 0 aliphatic rings. The Morgan fingerprint density at radius 1 is 1.33 bits per heavy atom. The normalized spacial score (nSPS) is 12.3. The Balaban J connectivity index is 2.73. The molecule has 2 rings (SSSR count). The van der Waals surface area contributed by atoms with Crippen molar-refractivity contribution in [2.24, 2.45) is 0 Å². The van der Waals surface area contributed by atoms with E-state index in [0.717, 1.165) is 13.2 Å². The summed E-state index contributed by atoms with van der Waals surface area (Å²) in [6.07, 6.45) is -4.13. The number of esters is 1. The van der Waals surface area contributed by atoms with E-state index in [1.807, 2.05) is 0 Å². The molecule has 1 atom stereocenters. The monoisotopic (exact) mass is 354 g/mol. The summed E-state index contributed by atoms with van der Waals surface area (Å²) in [7, 11) is 1.10. The van der Waals surface area contributed by atoms with Crippen molar-refractivity contribution in [1.29, 1.82) is 5.26 Å². The number of benzene rings is 1. The average Bonchev–Trinajstić information content (AvgIpc) is 2.55. The van der Waals surface area contributed by atoms with Gasteiger partial charge in [-0.3, -0.25) is 4.79 Å². The Morgan fingerprint density at radius 2 is 2.00 bits per heavy atom. The smallest absolute Gasteiger partial charge is 0.417 e. The Bertz CT molecular complexity index is 816. The molecular weight excluding hydrogens is 345 g/mol. The predicted octanol–water partition coefficient (Wildman–Crippen LogP) is 3.93. The van der Waals surface area contributed by atoms with Gasteiger partial charge in [-0.05, 0) is 17.7 Å². The number of carbonyl (C=O) groups is 1. The lowest BCUT2D eigenvalue weighted by Gasteiger charge is -2.19. The lowest BCUT2D eigenvalue weighted by Crippen LogP contribution is -2.19. The molecule has 0 fully saturated rings. The number of rotatable bonds is 3. The van der Waals surface area contributed by atoms with Crippen LogP contribution in [-0.4, -0.2) is 18.1 Å². The third-order valence-electron chi connectivity index (χ3n) is 3.31. The first kappa shape index (κ1) is 17.8. The Hall–Kier alpha value is -2.59. The summed E-state index contributed by atoms with van der Waals surface area (Å²) < 4.78 is 43.6. The summed E-state index contributed by atoms with van der Waals surface area (Å²) in [5.41, 5.74) is -1.37.